The van der Waals surface area contributed by atoms with E-state index < -0.39 is 0 Å². The molecule has 0 nitrogen and oxygen atoms in total. The second kappa shape index (κ2) is 5.19. The predicted molar refractivity (Wildman–Crippen MR) is 111 cm³/mol. The van der Waals surface area contributed by atoms with Crippen LogP contribution in [0.2, 0.25) is 0 Å². The maximum Gasteiger partial charge on any atom is -0.00134 e. The molecule has 0 unspecified atom stereocenters. The summed E-state index contributed by atoms with van der Waals surface area (Å²) in [7, 11) is 0. The number of allylic oxidation sites excluding steroid dienone is 2. The molecule has 122 valence electrons. The van der Waals surface area contributed by atoms with Gasteiger partial charge in [-0.25, -0.2) is 0 Å². The highest BCUT2D eigenvalue weighted by atomic mass is 14.2. The van der Waals surface area contributed by atoms with Crippen LogP contribution in [0.25, 0.3) is 33.7 Å². The van der Waals surface area contributed by atoms with Crippen LogP contribution >= 0.6 is 0 Å². The summed E-state index contributed by atoms with van der Waals surface area (Å²) in [6.07, 6.45) is 11.1. The average Bonchev–Trinajstić information content (AvgIpc) is 2.67. The fourth-order valence-corrected chi connectivity index (χ4v) is 4.43. The van der Waals surface area contributed by atoms with Crippen LogP contribution in [-0.4, -0.2) is 0 Å². The first kappa shape index (κ1) is 14.1. The zero-order valence-corrected chi connectivity index (χ0v) is 14.5. The Morgan fingerprint density at radius 3 is 2.23 bits per heavy atom. The van der Waals surface area contributed by atoms with Crippen molar-refractivity contribution in [3.63, 3.8) is 0 Å². The molecule has 0 aromatic heterocycles. The highest BCUT2D eigenvalue weighted by Gasteiger charge is 2.12. The smallest absolute Gasteiger partial charge is 0.00134 e. The first-order valence-electron chi connectivity index (χ1n) is 9.29. The molecule has 0 spiro atoms. The summed E-state index contributed by atoms with van der Waals surface area (Å²) in [4.78, 5) is 0. The predicted octanol–water partition coefficient (Wildman–Crippen LogP) is 4.62. The van der Waals surface area contributed by atoms with Gasteiger partial charge in [0.1, 0.15) is 0 Å². The molecule has 0 heteroatoms. The Morgan fingerprint density at radius 2 is 1.38 bits per heavy atom. The van der Waals surface area contributed by atoms with Gasteiger partial charge in [0.05, 0.1) is 0 Å². The third-order valence-electron chi connectivity index (χ3n) is 5.81. The quantitative estimate of drug-likeness (QED) is 0.364. The fraction of sp³-hybridized carbons (Fsp3) is 0.0769. The molecule has 0 fully saturated rings. The molecular formula is C26H18. The van der Waals surface area contributed by atoms with Crippen LogP contribution in [0.4, 0.5) is 0 Å². The molecular weight excluding hydrogens is 312 g/mol. The largest absolute Gasteiger partial charge is 0.0801 e. The van der Waals surface area contributed by atoms with Crippen molar-refractivity contribution in [2.24, 2.45) is 0 Å². The van der Waals surface area contributed by atoms with Crippen LogP contribution < -0.4 is 10.4 Å². The van der Waals surface area contributed by atoms with Crippen molar-refractivity contribution in [1.82, 2.24) is 0 Å². The molecule has 0 heterocycles. The molecule has 0 radical (unpaired) electrons. The third-order valence-corrected chi connectivity index (χ3v) is 5.81. The van der Waals surface area contributed by atoms with Crippen molar-refractivity contribution in [3.05, 3.63) is 106 Å². The van der Waals surface area contributed by atoms with Gasteiger partial charge in [-0.1, -0.05) is 60.7 Å². The van der Waals surface area contributed by atoms with E-state index in [-0.39, 0.29) is 0 Å². The van der Waals surface area contributed by atoms with Gasteiger partial charge >= 0.3 is 0 Å². The number of benzene rings is 4. The second-order valence-electron chi connectivity index (χ2n) is 7.47. The second-order valence-corrected chi connectivity index (χ2v) is 7.47. The highest BCUT2D eigenvalue weighted by Crippen LogP contribution is 2.28. The summed E-state index contributed by atoms with van der Waals surface area (Å²) in [5, 5.41) is 8.07. The molecule has 2 aliphatic rings. The molecule has 0 amide bonds. The number of rotatable bonds is 0. The standard InChI is InChI=1S/C26H18/c1-2-6-18-10-22-14-26-16-24-12-20-8-4-3-7-19(20)11-23(24)15-25(26)13-21(22)9-17(18)5-1/h1-7,9-14,16H,8,15H2. The zero-order valence-electron chi connectivity index (χ0n) is 14.5. The van der Waals surface area contributed by atoms with Gasteiger partial charge in [0, 0.05) is 0 Å². The van der Waals surface area contributed by atoms with Crippen LogP contribution in [0.3, 0.4) is 0 Å². The Morgan fingerprint density at radius 1 is 0.615 bits per heavy atom. The minimum atomic E-state index is 1.02. The molecule has 0 saturated carbocycles. The first-order chi connectivity index (χ1) is 12.8. The molecule has 4 aromatic carbocycles. The molecule has 6 rings (SSSR count). The summed E-state index contributed by atoms with van der Waals surface area (Å²) < 4.78 is 0. The Kier molecular flexibility index (Phi) is 2.81. The van der Waals surface area contributed by atoms with E-state index in [1.807, 2.05) is 0 Å². The van der Waals surface area contributed by atoms with Crippen molar-refractivity contribution in [1.29, 1.82) is 0 Å². The summed E-state index contributed by atoms with van der Waals surface area (Å²) in [5.74, 6) is 0. The number of hydrogen-bond acceptors (Lipinski definition) is 0. The first-order valence-corrected chi connectivity index (χ1v) is 9.29. The molecule has 0 saturated heterocycles. The van der Waals surface area contributed by atoms with E-state index in [1.165, 1.54) is 54.2 Å². The van der Waals surface area contributed by atoms with E-state index in [9.17, 15) is 0 Å². The van der Waals surface area contributed by atoms with Gasteiger partial charge in [-0.2, -0.15) is 0 Å². The lowest BCUT2D eigenvalue weighted by Crippen LogP contribution is -2.23. The third kappa shape index (κ3) is 2.09. The van der Waals surface area contributed by atoms with Gasteiger partial charge in [-0.05, 0) is 91.4 Å². The number of fused-ring (bicyclic) bond motifs is 5. The van der Waals surface area contributed by atoms with Crippen LogP contribution in [0.1, 0.15) is 22.3 Å². The summed E-state index contributed by atoms with van der Waals surface area (Å²) in [6.45, 7) is 0. The molecule has 0 N–H and O–H groups in total. The van der Waals surface area contributed by atoms with Gasteiger partial charge in [0.2, 0.25) is 0 Å². The van der Waals surface area contributed by atoms with Crippen molar-refractivity contribution in [3.8, 4) is 0 Å². The molecule has 0 atom stereocenters. The van der Waals surface area contributed by atoms with E-state index >= 15 is 0 Å². The Bertz CT molecular complexity index is 1370. The van der Waals surface area contributed by atoms with E-state index in [0.717, 1.165) is 12.8 Å². The van der Waals surface area contributed by atoms with Crippen LogP contribution in [-0.2, 0) is 12.8 Å². The zero-order chi connectivity index (χ0) is 17.1. The molecule has 4 aromatic rings. The topological polar surface area (TPSA) is 0 Å². The molecule has 0 aliphatic heterocycles. The van der Waals surface area contributed by atoms with Crippen molar-refractivity contribution < 1.29 is 0 Å². The lowest BCUT2D eigenvalue weighted by atomic mass is 9.87. The Labute approximate surface area is 152 Å². The van der Waals surface area contributed by atoms with Crippen LogP contribution in [0.5, 0.6) is 0 Å². The van der Waals surface area contributed by atoms with Crippen molar-refractivity contribution in [2.45, 2.75) is 12.8 Å². The molecule has 26 heavy (non-hydrogen) atoms. The minimum absolute atomic E-state index is 1.02. The van der Waals surface area contributed by atoms with Crippen molar-refractivity contribution >= 4 is 33.7 Å². The minimum Gasteiger partial charge on any atom is -0.0801 e. The average molecular weight is 330 g/mol. The SMILES string of the molecule is C1=CCc2cc3c(cc2=C1)Cc1cc2cc4ccccc4cc2cc1C=3. The lowest BCUT2D eigenvalue weighted by molar-refractivity contribution is 1.11. The Hall–Kier alpha value is -3.12. The highest BCUT2D eigenvalue weighted by molar-refractivity contribution is 5.99. The van der Waals surface area contributed by atoms with E-state index in [0.29, 0.717) is 0 Å². The normalized spacial score (nSPS) is 14.3. The molecule has 0 bridgehead atoms. The summed E-state index contributed by atoms with van der Waals surface area (Å²) in [5.41, 5.74) is 5.70. The monoisotopic (exact) mass is 330 g/mol. The van der Waals surface area contributed by atoms with Crippen LogP contribution in [0, 0.1) is 0 Å². The maximum atomic E-state index is 2.39. The fourth-order valence-electron chi connectivity index (χ4n) is 4.43. The van der Waals surface area contributed by atoms with Crippen LogP contribution in [0.15, 0.2) is 72.8 Å². The molecule has 2 aliphatic carbocycles. The Balaban J connectivity index is 1.61. The van der Waals surface area contributed by atoms with Gasteiger partial charge < -0.3 is 0 Å². The van der Waals surface area contributed by atoms with E-state index in [1.54, 1.807) is 0 Å². The van der Waals surface area contributed by atoms with Crippen molar-refractivity contribution in [2.75, 3.05) is 0 Å². The summed E-state index contributed by atoms with van der Waals surface area (Å²) in [6, 6.07) is 22.8. The van der Waals surface area contributed by atoms with Gasteiger partial charge in [0.15, 0.2) is 0 Å². The van der Waals surface area contributed by atoms with E-state index in [4.69, 9.17) is 0 Å². The maximum absolute atomic E-state index is 2.39. The number of hydrogen-bond donors (Lipinski definition) is 0. The van der Waals surface area contributed by atoms with E-state index in [2.05, 4.69) is 85.0 Å². The van der Waals surface area contributed by atoms with Gasteiger partial charge in [-0.3, -0.25) is 0 Å². The lowest BCUT2D eigenvalue weighted by Gasteiger charge is -2.17. The van der Waals surface area contributed by atoms with Gasteiger partial charge in [-0.15, -0.1) is 0 Å². The summed E-state index contributed by atoms with van der Waals surface area (Å²) >= 11 is 0. The van der Waals surface area contributed by atoms with Gasteiger partial charge in [0.25, 0.3) is 0 Å².